The molecule has 7 heteroatoms. The zero-order valence-electron chi connectivity index (χ0n) is 11.7. The van der Waals surface area contributed by atoms with Crippen LogP contribution < -0.4 is 5.32 Å². The lowest BCUT2D eigenvalue weighted by Gasteiger charge is -2.33. The lowest BCUT2D eigenvalue weighted by Crippen LogP contribution is -2.49. The highest BCUT2D eigenvalue weighted by molar-refractivity contribution is 6.30. The van der Waals surface area contributed by atoms with Crippen molar-refractivity contribution in [3.05, 3.63) is 29.0 Å². The van der Waals surface area contributed by atoms with E-state index in [1.807, 2.05) is 4.90 Å². The minimum absolute atomic E-state index is 0.142. The molecule has 2 rings (SSSR count). The topological polar surface area (TPSA) is 55.8 Å². The Bertz CT molecular complexity index is 493. The molecule has 0 spiro atoms. The number of carbonyl (C=O) groups is 1. The van der Waals surface area contributed by atoms with Gasteiger partial charge in [-0.05, 0) is 18.2 Å². The van der Waals surface area contributed by atoms with Gasteiger partial charge in [-0.2, -0.15) is 0 Å². The third-order valence-electron chi connectivity index (χ3n) is 3.45. The average molecular weight is 316 g/mol. The number of benzene rings is 1. The van der Waals surface area contributed by atoms with Gasteiger partial charge in [-0.3, -0.25) is 14.6 Å². The number of nitrogens with zero attached hydrogens (tertiary/aromatic N) is 2. The second-order valence-corrected chi connectivity index (χ2v) is 5.45. The van der Waals surface area contributed by atoms with Crippen LogP contribution in [0.3, 0.4) is 0 Å². The molecule has 0 radical (unpaired) electrons. The molecule has 116 valence electrons. The summed E-state index contributed by atoms with van der Waals surface area (Å²) in [6.07, 6.45) is 0. The van der Waals surface area contributed by atoms with Crippen LogP contribution in [0.2, 0.25) is 5.02 Å². The summed E-state index contributed by atoms with van der Waals surface area (Å²) in [6.45, 7) is 4.21. The standard InChI is InChI=1S/C14H19ClFN3O2/c15-11-1-2-13(12(16)9-11)17-14(21)10-19-5-3-18(4-6-19)7-8-20/h1-2,9,20H,3-8,10H2,(H,17,21). The Balaban J connectivity index is 1.80. The maximum atomic E-state index is 13.6. The molecule has 1 aliphatic rings. The van der Waals surface area contributed by atoms with Gasteiger partial charge in [0, 0.05) is 37.7 Å². The number of piperazine rings is 1. The Hall–Kier alpha value is -1.21. The van der Waals surface area contributed by atoms with Crippen LogP contribution in [-0.4, -0.2) is 66.7 Å². The molecule has 0 atom stereocenters. The quantitative estimate of drug-likeness (QED) is 0.852. The van der Waals surface area contributed by atoms with Gasteiger partial charge in [0.05, 0.1) is 18.8 Å². The number of halogens is 2. The fraction of sp³-hybridized carbons (Fsp3) is 0.500. The highest BCUT2D eigenvalue weighted by Gasteiger charge is 2.18. The lowest BCUT2D eigenvalue weighted by molar-refractivity contribution is -0.117. The Morgan fingerprint density at radius 3 is 2.57 bits per heavy atom. The first-order valence-corrected chi connectivity index (χ1v) is 7.27. The van der Waals surface area contributed by atoms with Gasteiger partial charge in [-0.25, -0.2) is 4.39 Å². The number of β-amino-alcohol motifs (C(OH)–C–C–N with tert-alkyl or cyclic N) is 1. The van der Waals surface area contributed by atoms with Crippen LogP contribution in [0, 0.1) is 5.82 Å². The third kappa shape index (κ3) is 4.93. The number of carbonyl (C=O) groups excluding carboxylic acids is 1. The largest absolute Gasteiger partial charge is 0.395 e. The zero-order chi connectivity index (χ0) is 15.2. The maximum absolute atomic E-state index is 13.6. The molecule has 1 heterocycles. The molecule has 1 fully saturated rings. The smallest absolute Gasteiger partial charge is 0.238 e. The van der Waals surface area contributed by atoms with Gasteiger partial charge in [0.2, 0.25) is 5.91 Å². The van der Waals surface area contributed by atoms with Crippen molar-refractivity contribution in [2.75, 3.05) is 51.2 Å². The number of aliphatic hydroxyl groups excluding tert-OH is 1. The monoisotopic (exact) mass is 315 g/mol. The minimum atomic E-state index is -0.538. The Kier molecular flexibility index (Phi) is 5.93. The zero-order valence-corrected chi connectivity index (χ0v) is 12.4. The SMILES string of the molecule is O=C(CN1CCN(CCO)CC1)Nc1ccc(Cl)cc1F. The summed E-state index contributed by atoms with van der Waals surface area (Å²) in [6, 6.07) is 4.16. The molecule has 21 heavy (non-hydrogen) atoms. The third-order valence-corrected chi connectivity index (χ3v) is 3.69. The van der Waals surface area contributed by atoms with Crippen LogP contribution in [0.15, 0.2) is 18.2 Å². The first kappa shape index (κ1) is 16.2. The molecule has 1 aromatic carbocycles. The normalized spacial score (nSPS) is 16.9. The predicted molar refractivity (Wildman–Crippen MR) is 80.0 cm³/mol. The molecular weight excluding hydrogens is 297 g/mol. The second-order valence-electron chi connectivity index (χ2n) is 5.01. The van der Waals surface area contributed by atoms with E-state index in [1.165, 1.54) is 18.2 Å². The minimum Gasteiger partial charge on any atom is -0.395 e. The van der Waals surface area contributed by atoms with Gasteiger partial charge in [0.25, 0.3) is 0 Å². The van der Waals surface area contributed by atoms with Crippen LogP contribution in [0.25, 0.3) is 0 Å². The molecule has 1 saturated heterocycles. The number of aliphatic hydroxyl groups is 1. The molecular formula is C14H19ClFN3O2. The predicted octanol–water partition coefficient (Wildman–Crippen LogP) is 1.03. The number of nitrogens with one attached hydrogen (secondary N) is 1. The van der Waals surface area contributed by atoms with E-state index in [2.05, 4.69) is 10.2 Å². The molecule has 0 saturated carbocycles. The highest BCUT2D eigenvalue weighted by Crippen LogP contribution is 2.18. The molecule has 0 bridgehead atoms. The van der Waals surface area contributed by atoms with Gasteiger partial charge in [0.1, 0.15) is 5.82 Å². The molecule has 0 aromatic heterocycles. The van der Waals surface area contributed by atoms with E-state index in [-0.39, 0.29) is 24.7 Å². The van der Waals surface area contributed by atoms with E-state index < -0.39 is 5.82 Å². The molecule has 0 aliphatic carbocycles. The molecule has 5 nitrogen and oxygen atoms in total. The average Bonchev–Trinajstić information content (AvgIpc) is 2.44. The number of hydrogen-bond donors (Lipinski definition) is 2. The first-order chi connectivity index (χ1) is 10.1. The van der Waals surface area contributed by atoms with Gasteiger partial charge in [-0.15, -0.1) is 0 Å². The summed E-state index contributed by atoms with van der Waals surface area (Å²) in [5.41, 5.74) is 0.142. The molecule has 2 N–H and O–H groups in total. The summed E-state index contributed by atoms with van der Waals surface area (Å²) in [7, 11) is 0. The van der Waals surface area contributed by atoms with Crippen molar-refractivity contribution in [1.29, 1.82) is 0 Å². The van der Waals surface area contributed by atoms with Gasteiger partial charge < -0.3 is 10.4 Å². The van der Waals surface area contributed by atoms with E-state index in [4.69, 9.17) is 16.7 Å². The second kappa shape index (κ2) is 7.70. The van der Waals surface area contributed by atoms with E-state index in [9.17, 15) is 9.18 Å². The molecule has 1 aromatic rings. The van der Waals surface area contributed by atoms with Crippen LogP contribution in [-0.2, 0) is 4.79 Å². The number of hydrogen-bond acceptors (Lipinski definition) is 4. The van der Waals surface area contributed by atoms with Crippen LogP contribution in [0.4, 0.5) is 10.1 Å². The van der Waals surface area contributed by atoms with Crippen LogP contribution >= 0.6 is 11.6 Å². The summed E-state index contributed by atoms with van der Waals surface area (Å²) in [4.78, 5) is 16.1. The fourth-order valence-corrected chi connectivity index (χ4v) is 2.45. The summed E-state index contributed by atoms with van der Waals surface area (Å²) in [5, 5.41) is 11.7. The number of anilines is 1. The van der Waals surface area contributed by atoms with Crippen molar-refractivity contribution >= 4 is 23.2 Å². The number of rotatable bonds is 5. The van der Waals surface area contributed by atoms with Gasteiger partial charge >= 0.3 is 0 Å². The van der Waals surface area contributed by atoms with E-state index in [0.717, 1.165) is 26.2 Å². The summed E-state index contributed by atoms with van der Waals surface area (Å²) in [5.74, 6) is -0.782. The summed E-state index contributed by atoms with van der Waals surface area (Å²) >= 11 is 5.67. The van der Waals surface area contributed by atoms with Crippen molar-refractivity contribution in [2.24, 2.45) is 0 Å². The van der Waals surface area contributed by atoms with Crippen molar-refractivity contribution < 1.29 is 14.3 Å². The molecule has 1 aliphatic heterocycles. The van der Waals surface area contributed by atoms with E-state index >= 15 is 0 Å². The molecule has 0 unspecified atom stereocenters. The van der Waals surface area contributed by atoms with E-state index in [1.54, 1.807) is 0 Å². The van der Waals surface area contributed by atoms with Crippen LogP contribution in [0.1, 0.15) is 0 Å². The van der Waals surface area contributed by atoms with Crippen molar-refractivity contribution in [1.82, 2.24) is 9.80 Å². The van der Waals surface area contributed by atoms with Crippen molar-refractivity contribution in [2.45, 2.75) is 0 Å². The van der Waals surface area contributed by atoms with Gasteiger partial charge in [0.15, 0.2) is 0 Å². The van der Waals surface area contributed by atoms with Crippen LogP contribution in [0.5, 0.6) is 0 Å². The first-order valence-electron chi connectivity index (χ1n) is 6.89. The Morgan fingerprint density at radius 2 is 1.95 bits per heavy atom. The maximum Gasteiger partial charge on any atom is 0.238 e. The van der Waals surface area contributed by atoms with Crippen molar-refractivity contribution in [3.63, 3.8) is 0 Å². The van der Waals surface area contributed by atoms with E-state index in [0.29, 0.717) is 11.6 Å². The Labute approximate surface area is 128 Å². The fourth-order valence-electron chi connectivity index (χ4n) is 2.30. The Morgan fingerprint density at radius 1 is 1.29 bits per heavy atom. The summed E-state index contributed by atoms with van der Waals surface area (Å²) < 4.78 is 13.6. The molecule has 1 amide bonds. The number of amides is 1. The van der Waals surface area contributed by atoms with Gasteiger partial charge in [-0.1, -0.05) is 11.6 Å². The van der Waals surface area contributed by atoms with Crippen molar-refractivity contribution in [3.8, 4) is 0 Å². The highest BCUT2D eigenvalue weighted by atomic mass is 35.5. The lowest BCUT2D eigenvalue weighted by atomic mass is 10.3.